The SMILES string of the molecule is CCCCCCCCCCOC(=O)c1ccc(N(C)C=Nc2ccccc2)cc1. The van der Waals surface area contributed by atoms with Crippen molar-refractivity contribution in [2.75, 3.05) is 18.6 Å². The first kappa shape index (κ1) is 22.7. The average molecular weight is 395 g/mol. The number of carbonyl (C=O) groups is 1. The highest BCUT2D eigenvalue weighted by molar-refractivity contribution is 5.90. The number of anilines is 1. The fourth-order valence-corrected chi connectivity index (χ4v) is 3.05. The fourth-order valence-electron chi connectivity index (χ4n) is 3.05. The van der Waals surface area contributed by atoms with Crippen molar-refractivity contribution < 1.29 is 9.53 Å². The molecule has 29 heavy (non-hydrogen) atoms. The summed E-state index contributed by atoms with van der Waals surface area (Å²) in [5, 5.41) is 0. The molecule has 0 aliphatic carbocycles. The molecule has 156 valence electrons. The van der Waals surface area contributed by atoms with Crippen LogP contribution in [-0.4, -0.2) is 26.0 Å². The van der Waals surface area contributed by atoms with Gasteiger partial charge >= 0.3 is 5.97 Å². The molecule has 0 aliphatic heterocycles. The summed E-state index contributed by atoms with van der Waals surface area (Å²) in [6.45, 7) is 2.74. The number of rotatable bonds is 13. The Morgan fingerprint density at radius 3 is 2.17 bits per heavy atom. The van der Waals surface area contributed by atoms with Gasteiger partial charge in [-0.1, -0.05) is 70.1 Å². The van der Waals surface area contributed by atoms with Crippen LogP contribution in [0.5, 0.6) is 0 Å². The summed E-state index contributed by atoms with van der Waals surface area (Å²) >= 11 is 0. The van der Waals surface area contributed by atoms with E-state index in [9.17, 15) is 4.79 Å². The van der Waals surface area contributed by atoms with E-state index in [1.54, 1.807) is 18.5 Å². The molecule has 0 fully saturated rings. The van der Waals surface area contributed by atoms with Crippen LogP contribution in [0.15, 0.2) is 59.6 Å². The number of hydrogen-bond acceptors (Lipinski definition) is 3. The van der Waals surface area contributed by atoms with E-state index in [1.807, 2.05) is 54.4 Å². The minimum absolute atomic E-state index is 0.250. The summed E-state index contributed by atoms with van der Waals surface area (Å²) in [6.07, 6.45) is 11.6. The largest absolute Gasteiger partial charge is 0.462 e. The van der Waals surface area contributed by atoms with Gasteiger partial charge in [0.05, 0.1) is 24.2 Å². The number of nitrogens with zero attached hydrogens (tertiary/aromatic N) is 2. The molecule has 0 heterocycles. The van der Waals surface area contributed by atoms with Gasteiger partial charge in [0.15, 0.2) is 0 Å². The molecule has 0 unspecified atom stereocenters. The molecule has 2 rings (SSSR count). The highest BCUT2D eigenvalue weighted by Crippen LogP contribution is 2.15. The molecule has 0 amide bonds. The molecule has 0 saturated carbocycles. The van der Waals surface area contributed by atoms with Gasteiger partial charge in [-0.15, -0.1) is 0 Å². The van der Waals surface area contributed by atoms with Crippen LogP contribution in [0.1, 0.15) is 68.6 Å². The lowest BCUT2D eigenvalue weighted by Crippen LogP contribution is -2.14. The highest BCUT2D eigenvalue weighted by Gasteiger charge is 2.07. The Kier molecular flexibility index (Phi) is 10.6. The van der Waals surface area contributed by atoms with E-state index in [2.05, 4.69) is 11.9 Å². The summed E-state index contributed by atoms with van der Waals surface area (Å²) in [5.41, 5.74) is 2.45. The topological polar surface area (TPSA) is 41.9 Å². The van der Waals surface area contributed by atoms with Crippen LogP contribution in [0.4, 0.5) is 11.4 Å². The molecular weight excluding hydrogens is 360 g/mol. The predicted octanol–water partition coefficient (Wildman–Crippen LogP) is 6.78. The third kappa shape index (κ3) is 8.95. The van der Waals surface area contributed by atoms with Gasteiger partial charge in [-0.2, -0.15) is 0 Å². The van der Waals surface area contributed by atoms with Gasteiger partial charge in [-0.25, -0.2) is 9.79 Å². The first-order valence-electron chi connectivity index (χ1n) is 10.8. The Morgan fingerprint density at radius 1 is 0.897 bits per heavy atom. The van der Waals surface area contributed by atoms with E-state index in [0.717, 1.165) is 24.2 Å². The fraction of sp³-hybridized carbons (Fsp3) is 0.440. The van der Waals surface area contributed by atoms with E-state index in [4.69, 9.17) is 4.74 Å². The zero-order chi connectivity index (χ0) is 20.7. The van der Waals surface area contributed by atoms with Crippen molar-refractivity contribution in [3.05, 3.63) is 60.2 Å². The molecule has 0 radical (unpaired) electrons. The van der Waals surface area contributed by atoms with Crippen LogP contribution in [0.25, 0.3) is 0 Å². The van der Waals surface area contributed by atoms with Crippen molar-refractivity contribution in [3.8, 4) is 0 Å². The molecule has 0 spiro atoms. The molecule has 4 heteroatoms. The maximum Gasteiger partial charge on any atom is 0.338 e. The van der Waals surface area contributed by atoms with E-state index < -0.39 is 0 Å². The van der Waals surface area contributed by atoms with Gasteiger partial charge in [0.1, 0.15) is 0 Å². The molecule has 0 aromatic heterocycles. The van der Waals surface area contributed by atoms with Crippen LogP contribution in [0.3, 0.4) is 0 Å². The molecule has 0 bridgehead atoms. The monoisotopic (exact) mass is 394 g/mol. The minimum Gasteiger partial charge on any atom is -0.462 e. The van der Waals surface area contributed by atoms with Gasteiger partial charge in [0.2, 0.25) is 0 Å². The zero-order valence-corrected chi connectivity index (χ0v) is 17.8. The minimum atomic E-state index is -0.250. The lowest BCUT2D eigenvalue weighted by Gasteiger charge is -2.13. The molecule has 2 aromatic rings. The maximum atomic E-state index is 12.2. The van der Waals surface area contributed by atoms with Crippen molar-refractivity contribution in [3.63, 3.8) is 0 Å². The van der Waals surface area contributed by atoms with Gasteiger partial charge in [-0.05, 0) is 42.8 Å². The Morgan fingerprint density at radius 2 is 1.52 bits per heavy atom. The zero-order valence-electron chi connectivity index (χ0n) is 17.8. The van der Waals surface area contributed by atoms with Crippen LogP contribution < -0.4 is 4.90 Å². The van der Waals surface area contributed by atoms with Gasteiger partial charge in [0, 0.05) is 12.7 Å². The second-order valence-corrected chi connectivity index (χ2v) is 7.35. The second kappa shape index (κ2) is 13.5. The van der Waals surface area contributed by atoms with E-state index >= 15 is 0 Å². The standard InChI is InChI=1S/C25H34N2O2/c1-3-4-5-6-7-8-9-13-20-29-25(28)22-16-18-24(19-17-22)27(2)21-26-23-14-11-10-12-15-23/h10-12,14-19,21H,3-9,13,20H2,1-2H3. The van der Waals surface area contributed by atoms with Gasteiger partial charge < -0.3 is 9.64 Å². The Bertz CT molecular complexity index is 726. The summed E-state index contributed by atoms with van der Waals surface area (Å²) in [7, 11) is 1.93. The lowest BCUT2D eigenvalue weighted by atomic mass is 10.1. The molecule has 2 aromatic carbocycles. The second-order valence-electron chi connectivity index (χ2n) is 7.35. The number of unbranched alkanes of at least 4 members (excludes halogenated alkanes) is 7. The van der Waals surface area contributed by atoms with Crippen molar-refractivity contribution in [1.29, 1.82) is 0 Å². The quantitative estimate of drug-likeness (QED) is 0.163. The van der Waals surface area contributed by atoms with Crippen molar-refractivity contribution >= 4 is 23.7 Å². The smallest absolute Gasteiger partial charge is 0.338 e. The van der Waals surface area contributed by atoms with Gasteiger partial charge in [0.25, 0.3) is 0 Å². The Hall–Kier alpha value is -2.62. The van der Waals surface area contributed by atoms with Crippen LogP contribution in [0.2, 0.25) is 0 Å². The van der Waals surface area contributed by atoms with Crippen molar-refractivity contribution in [2.24, 2.45) is 4.99 Å². The first-order chi connectivity index (χ1) is 14.2. The Labute approximate surface area is 175 Å². The summed E-state index contributed by atoms with van der Waals surface area (Å²) in [5.74, 6) is -0.250. The Balaban J connectivity index is 1.68. The number of benzene rings is 2. The predicted molar refractivity (Wildman–Crippen MR) is 122 cm³/mol. The molecular formula is C25H34N2O2. The third-order valence-electron chi connectivity index (χ3n) is 4.88. The average Bonchev–Trinajstić information content (AvgIpc) is 2.77. The summed E-state index contributed by atoms with van der Waals surface area (Å²) in [4.78, 5) is 18.5. The normalized spacial score (nSPS) is 11.0. The summed E-state index contributed by atoms with van der Waals surface area (Å²) in [6, 6.07) is 17.2. The summed E-state index contributed by atoms with van der Waals surface area (Å²) < 4.78 is 5.40. The van der Waals surface area contributed by atoms with Crippen LogP contribution in [-0.2, 0) is 4.74 Å². The van der Waals surface area contributed by atoms with Crippen LogP contribution in [0, 0.1) is 0 Å². The third-order valence-corrected chi connectivity index (χ3v) is 4.88. The highest BCUT2D eigenvalue weighted by atomic mass is 16.5. The molecule has 0 saturated heterocycles. The number of ether oxygens (including phenoxy) is 1. The number of aliphatic imine (C=N–C) groups is 1. The van der Waals surface area contributed by atoms with E-state index in [0.29, 0.717) is 12.2 Å². The van der Waals surface area contributed by atoms with E-state index in [1.165, 1.54) is 38.5 Å². The molecule has 0 aliphatic rings. The van der Waals surface area contributed by atoms with Crippen molar-refractivity contribution in [2.45, 2.75) is 58.3 Å². The first-order valence-corrected chi connectivity index (χ1v) is 10.8. The lowest BCUT2D eigenvalue weighted by molar-refractivity contribution is 0.0497. The van der Waals surface area contributed by atoms with Crippen molar-refractivity contribution in [1.82, 2.24) is 0 Å². The molecule has 4 nitrogen and oxygen atoms in total. The van der Waals surface area contributed by atoms with Gasteiger partial charge in [-0.3, -0.25) is 0 Å². The maximum absolute atomic E-state index is 12.2. The number of para-hydroxylation sites is 1. The number of hydrogen-bond donors (Lipinski definition) is 0. The number of carbonyl (C=O) groups excluding carboxylic acids is 1. The van der Waals surface area contributed by atoms with Crippen LogP contribution >= 0.6 is 0 Å². The van der Waals surface area contributed by atoms with E-state index in [-0.39, 0.29) is 5.97 Å². The molecule has 0 atom stereocenters. The molecule has 0 N–H and O–H groups in total. The number of esters is 1.